The second kappa shape index (κ2) is 8.55. The molecule has 33 heavy (non-hydrogen) atoms. The Labute approximate surface area is 193 Å². The summed E-state index contributed by atoms with van der Waals surface area (Å²) in [5.74, 6) is -0.464. The standard InChI is InChI=1S/C24H21ClN6O2/c1-30-23-19(12-29-30)24(33)31(14-28-23)13-22(32)27-11-17(15-6-2-4-8-20(15)25)18-10-26-21-9-5-3-7-16(18)21/h2-10,12,14,17,26H,11,13H2,1H3,(H,27,32). The van der Waals surface area contributed by atoms with Crippen LogP contribution < -0.4 is 10.9 Å². The first-order valence-electron chi connectivity index (χ1n) is 10.5. The Hall–Kier alpha value is -3.91. The van der Waals surface area contributed by atoms with Crippen LogP contribution in [0.2, 0.25) is 5.02 Å². The molecular weight excluding hydrogens is 440 g/mol. The number of aryl methyl sites for hydroxylation is 1. The molecule has 3 aromatic heterocycles. The second-order valence-corrected chi connectivity index (χ2v) is 8.26. The molecule has 5 rings (SSSR count). The number of rotatable bonds is 6. The molecule has 1 atom stereocenters. The summed E-state index contributed by atoms with van der Waals surface area (Å²) < 4.78 is 2.81. The van der Waals surface area contributed by atoms with Crippen LogP contribution in [0.25, 0.3) is 21.9 Å². The molecule has 0 fully saturated rings. The summed E-state index contributed by atoms with van der Waals surface area (Å²) in [6, 6.07) is 15.6. The van der Waals surface area contributed by atoms with Gasteiger partial charge in [0.2, 0.25) is 5.91 Å². The van der Waals surface area contributed by atoms with E-state index < -0.39 is 0 Å². The lowest BCUT2D eigenvalue weighted by molar-refractivity contribution is -0.121. The number of benzene rings is 2. The molecule has 0 saturated heterocycles. The van der Waals surface area contributed by atoms with Gasteiger partial charge >= 0.3 is 0 Å². The Morgan fingerprint density at radius 3 is 2.76 bits per heavy atom. The number of aromatic nitrogens is 5. The smallest absolute Gasteiger partial charge is 0.264 e. The Bertz CT molecular complexity index is 1530. The normalized spacial score (nSPS) is 12.3. The van der Waals surface area contributed by atoms with Crippen molar-refractivity contribution in [3.05, 3.63) is 93.8 Å². The third kappa shape index (κ3) is 3.89. The van der Waals surface area contributed by atoms with E-state index >= 15 is 0 Å². The van der Waals surface area contributed by atoms with Crippen LogP contribution in [0.15, 0.2) is 72.0 Å². The maximum absolute atomic E-state index is 12.8. The molecule has 2 N–H and O–H groups in total. The fourth-order valence-corrected chi connectivity index (χ4v) is 4.40. The minimum atomic E-state index is -0.303. The summed E-state index contributed by atoms with van der Waals surface area (Å²) in [6.45, 7) is 0.182. The number of fused-ring (bicyclic) bond motifs is 2. The van der Waals surface area contributed by atoms with Crippen LogP contribution in [-0.2, 0) is 18.4 Å². The molecule has 0 radical (unpaired) electrons. The molecular formula is C24H21ClN6O2. The third-order valence-corrected chi connectivity index (χ3v) is 6.16. The molecule has 0 aliphatic carbocycles. The van der Waals surface area contributed by atoms with Crippen LogP contribution in [0.1, 0.15) is 17.0 Å². The molecule has 0 bridgehead atoms. The SMILES string of the molecule is Cn1ncc2c(=O)n(CC(=O)NCC(c3ccccc3Cl)c3c[nH]c4ccccc34)cnc21. The van der Waals surface area contributed by atoms with Crippen molar-refractivity contribution in [1.82, 2.24) is 29.6 Å². The quantitative estimate of drug-likeness (QED) is 0.406. The number of hydrogen-bond acceptors (Lipinski definition) is 4. The van der Waals surface area contributed by atoms with Gasteiger partial charge in [0.05, 0.1) is 6.20 Å². The van der Waals surface area contributed by atoms with Crippen molar-refractivity contribution in [1.29, 1.82) is 0 Å². The lowest BCUT2D eigenvalue weighted by atomic mass is 9.90. The zero-order valence-corrected chi connectivity index (χ0v) is 18.6. The minimum Gasteiger partial charge on any atom is -0.361 e. The zero-order chi connectivity index (χ0) is 22.9. The third-order valence-electron chi connectivity index (χ3n) is 5.81. The van der Waals surface area contributed by atoms with Crippen molar-refractivity contribution in [2.24, 2.45) is 7.05 Å². The molecule has 5 aromatic rings. The van der Waals surface area contributed by atoms with Crippen molar-refractivity contribution >= 4 is 39.4 Å². The lowest BCUT2D eigenvalue weighted by Gasteiger charge is -2.19. The Kier molecular flexibility index (Phi) is 5.43. The van der Waals surface area contributed by atoms with E-state index in [9.17, 15) is 9.59 Å². The first kappa shape index (κ1) is 21.0. The molecule has 0 aliphatic heterocycles. The average molecular weight is 461 g/mol. The number of carbonyl (C=O) groups is 1. The van der Waals surface area contributed by atoms with Gasteiger partial charge in [-0.3, -0.25) is 18.8 Å². The van der Waals surface area contributed by atoms with E-state index in [1.165, 1.54) is 21.8 Å². The van der Waals surface area contributed by atoms with Crippen molar-refractivity contribution in [2.75, 3.05) is 6.54 Å². The van der Waals surface area contributed by atoms with Gasteiger partial charge < -0.3 is 10.3 Å². The number of nitrogens with zero attached hydrogens (tertiary/aromatic N) is 4. The summed E-state index contributed by atoms with van der Waals surface area (Å²) in [5.41, 5.74) is 3.14. The van der Waals surface area contributed by atoms with Gasteiger partial charge in [-0.05, 0) is 23.3 Å². The number of para-hydroxylation sites is 1. The van der Waals surface area contributed by atoms with Gasteiger partial charge in [0, 0.05) is 41.6 Å². The van der Waals surface area contributed by atoms with Gasteiger partial charge in [-0.25, -0.2) is 4.98 Å². The zero-order valence-electron chi connectivity index (χ0n) is 17.8. The maximum atomic E-state index is 12.8. The predicted octanol–water partition coefficient (Wildman–Crippen LogP) is 3.21. The Morgan fingerprint density at radius 1 is 1.12 bits per heavy atom. The second-order valence-electron chi connectivity index (χ2n) is 7.85. The van der Waals surface area contributed by atoms with Crippen molar-refractivity contribution in [2.45, 2.75) is 12.5 Å². The first-order valence-corrected chi connectivity index (χ1v) is 10.8. The first-order chi connectivity index (χ1) is 16.0. The molecule has 0 spiro atoms. The number of halogens is 1. The number of amides is 1. The molecule has 8 nitrogen and oxygen atoms in total. The van der Waals surface area contributed by atoms with E-state index in [2.05, 4.69) is 20.4 Å². The van der Waals surface area contributed by atoms with E-state index in [1.807, 2.05) is 54.7 Å². The minimum absolute atomic E-state index is 0.139. The molecule has 166 valence electrons. The van der Waals surface area contributed by atoms with Gasteiger partial charge in [0.25, 0.3) is 5.56 Å². The number of H-pyrrole nitrogens is 1. The molecule has 2 aromatic carbocycles. The number of carbonyl (C=O) groups excluding carboxylic acids is 1. The van der Waals surface area contributed by atoms with Crippen LogP contribution >= 0.6 is 11.6 Å². The monoisotopic (exact) mass is 460 g/mol. The van der Waals surface area contributed by atoms with Gasteiger partial charge in [-0.15, -0.1) is 0 Å². The number of nitrogens with one attached hydrogen (secondary N) is 2. The Balaban J connectivity index is 1.41. The number of hydrogen-bond donors (Lipinski definition) is 2. The topological polar surface area (TPSA) is 97.6 Å². The van der Waals surface area contributed by atoms with Gasteiger partial charge in [-0.2, -0.15) is 5.10 Å². The Morgan fingerprint density at radius 2 is 1.91 bits per heavy atom. The maximum Gasteiger partial charge on any atom is 0.264 e. The predicted molar refractivity (Wildman–Crippen MR) is 127 cm³/mol. The fourth-order valence-electron chi connectivity index (χ4n) is 4.13. The van der Waals surface area contributed by atoms with E-state index in [4.69, 9.17) is 11.6 Å². The molecule has 9 heteroatoms. The summed E-state index contributed by atoms with van der Waals surface area (Å²) >= 11 is 6.53. The lowest BCUT2D eigenvalue weighted by Crippen LogP contribution is -2.35. The highest BCUT2D eigenvalue weighted by molar-refractivity contribution is 6.31. The van der Waals surface area contributed by atoms with Crippen LogP contribution in [0, 0.1) is 0 Å². The fraction of sp³-hybridized carbons (Fsp3) is 0.167. The van der Waals surface area contributed by atoms with Gasteiger partial charge in [0.15, 0.2) is 5.65 Å². The van der Waals surface area contributed by atoms with Crippen LogP contribution in [0.4, 0.5) is 0 Å². The highest BCUT2D eigenvalue weighted by atomic mass is 35.5. The van der Waals surface area contributed by atoms with Gasteiger partial charge in [0.1, 0.15) is 18.3 Å². The average Bonchev–Trinajstić information content (AvgIpc) is 3.41. The largest absolute Gasteiger partial charge is 0.361 e. The molecule has 1 unspecified atom stereocenters. The summed E-state index contributed by atoms with van der Waals surface area (Å²) in [7, 11) is 1.71. The summed E-state index contributed by atoms with van der Waals surface area (Å²) in [4.78, 5) is 33.0. The van der Waals surface area contributed by atoms with E-state index in [-0.39, 0.29) is 23.9 Å². The molecule has 1 amide bonds. The van der Waals surface area contributed by atoms with Crippen LogP contribution in [-0.4, -0.2) is 36.8 Å². The van der Waals surface area contributed by atoms with Crippen molar-refractivity contribution < 1.29 is 4.79 Å². The van der Waals surface area contributed by atoms with E-state index in [0.29, 0.717) is 22.6 Å². The van der Waals surface area contributed by atoms with Crippen molar-refractivity contribution in [3.63, 3.8) is 0 Å². The van der Waals surface area contributed by atoms with E-state index in [1.54, 1.807) is 7.05 Å². The molecule has 0 aliphatic rings. The highest BCUT2D eigenvalue weighted by Crippen LogP contribution is 2.34. The summed E-state index contributed by atoms with van der Waals surface area (Å²) in [6.07, 6.45) is 4.79. The number of aromatic amines is 1. The van der Waals surface area contributed by atoms with Crippen LogP contribution in [0.5, 0.6) is 0 Å². The summed E-state index contributed by atoms with van der Waals surface area (Å²) in [5, 5.41) is 9.10. The van der Waals surface area contributed by atoms with Crippen LogP contribution in [0.3, 0.4) is 0 Å². The molecule has 0 saturated carbocycles. The van der Waals surface area contributed by atoms with E-state index in [0.717, 1.165) is 22.0 Å². The highest BCUT2D eigenvalue weighted by Gasteiger charge is 2.21. The molecule has 3 heterocycles. The van der Waals surface area contributed by atoms with Gasteiger partial charge in [-0.1, -0.05) is 48.0 Å². The van der Waals surface area contributed by atoms with Crippen molar-refractivity contribution in [3.8, 4) is 0 Å².